The topological polar surface area (TPSA) is 33.1 Å². The summed E-state index contributed by atoms with van der Waals surface area (Å²) in [5.74, 6) is 0. The van der Waals surface area contributed by atoms with E-state index in [1.807, 2.05) is 25.4 Å². The molecule has 1 N–H and O–H groups in total. The van der Waals surface area contributed by atoms with Crippen LogP contribution in [0.4, 0.5) is 0 Å². The Kier molecular flexibility index (Phi) is 3.47. The molecule has 0 aliphatic heterocycles. The first-order valence-electron chi connectivity index (χ1n) is 6.67. The van der Waals surface area contributed by atoms with Gasteiger partial charge in [-0.05, 0) is 54.6 Å². The molecule has 0 bridgehead atoms. The van der Waals surface area contributed by atoms with Gasteiger partial charge in [-0.2, -0.15) is 0 Å². The highest BCUT2D eigenvalue weighted by atomic mass is 28.4. The molecule has 1 aromatic rings. The number of fused-ring (bicyclic) bond motifs is 1. The first-order valence-corrected chi connectivity index (χ1v) is 9.62. The maximum absolute atomic E-state index is 10.4. The zero-order valence-electron chi connectivity index (χ0n) is 11.8. The largest absolute Gasteiger partial charge is 0.432 e. The smallest absolute Gasteiger partial charge is 0.188 e. The van der Waals surface area contributed by atoms with E-state index in [1.165, 1.54) is 16.8 Å². The molecular weight excluding hydrogens is 238 g/mol. The van der Waals surface area contributed by atoms with Crippen molar-refractivity contribution < 1.29 is 4.80 Å². The monoisotopic (exact) mass is 261 g/mol. The number of pyridine rings is 1. The predicted molar refractivity (Wildman–Crippen MR) is 78.9 cm³/mol. The molecule has 0 fully saturated rings. The number of aryl methyl sites for hydroxylation is 1. The Morgan fingerprint density at radius 3 is 2.78 bits per heavy atom. The SMILES string of the molecule is CC(C)(CC1=CCCc2ncccc21)[Si](C)(C)O. The van der Waals surface area contributed by atoms with E-state index in [9.17, 15) is 4.80 Å². The van der Waals surface area contributed by atoms with Gasteiger partial charge in [0.25, 0.3) is 0 Å². The molecule has 1 aliphatic carbocycles. The van der Waals surface area contributed by atoms with Crippen LogP contribution in [-0.4, -0.2) is 18.1 Å². The average Bonchev–Trinajstić information content (AvgIpc) is 2.27. The first kappa shape index (κ1) is 13.5. The highest BCUT2D eigenvalue weighted by molar-refractivity contribution is 6.73. The summed E-state index contributed by atoms with van der Waals surface area (Å²) in [6.45, 7) is 8.43. The van der Waals surface area contributed by atoms with Crippen LogP contribution in [0.2, 0.25) is 18.1 Å². The van der Waals surface area contributed by atoms with Gasteiger partial charge in [0.2, 0.25) is 0 Å². The van der Waals surface area contributed by atoms with Crippen molar-refractivity contribution in [2.75, 3.05) is 0 Å². The first-order chi connectivity index (χ1) is 8.31. The zero-order valence-corrected chi connectivity index (χ0v) is 12.8. The van der Waals surface area contributed by atoms with E-state index in [-0.39, 0.29) is 5.04 Å². The van der Waals surface area contributed by atoms with Gasteiger partial charge < -0.3 is 4.80 Å². The maximum Gasteiger partial charge on any atom is 0.188 e. The number of hydrogen-bond acceptors (Lipinski definition) is 2. The van der Waals surface area contributed by atoms with Crippen molar-refractivity contribution in [3.8, 4) is 0 Å². The molecule has 1 aliphatic rings. The maximum atomic E-state index is 10.4. The summed E-state index contributed by atoms with van der Waals surface area (Å²) in [5, 5.41) is -0.0106. The second-order valence-electron chi connectivity index (χ2n) is 6.39. The van der Waals surface area contributed by atoms with Gasteiger partial charge in [0, 0.05) is 11.9 Å². The van der Waals surface area contributed by atoms with Crippen LogP contribution in [0, 0.1) is 0 Å². The van der Waals surface area contributed by atoms with E-state index in [0.717, 1.165) is 19.3 Å². The Balaban J connectivity index is 2.29. The van der Waals surface area contributed by atoms with Crippen molar-refractivity contribution in [1.29, 1.82) is 0 Å². The highest BCUT2D eigenvalue weighted by Gasteiger charge is 2.39. The fourth-order valence-corrected chi connectivity index (χ4v) is 2.91. The van der Waals surface area contributed by atoms with Crippen LogP contribution in [0.25, 0.3) is 5.57 Å². The van der Waals surface area contributed by atoms with Crippen molar-refractivity contribution in [3.05, 3.63) is 35.7 Å². The van der Waals surface area contributed by atoms with E-state index in [0.29, 0.717) is 0 Å². The lowest BCUT2D eigenvalue weighted by atomic mass is 9.89. The minimum absolute atomic E-state index is 0.0106. The average molecular weight is 261 g/mol. The molecule has 0 saturated carbocycles. The normalized spacial score (nSPS) is 16.2. The number of rotatable bonds is 3. The van der Waals surface area contributed by atoms with Gasteiger partial charge in [0.15, 0.2) is 8.32 Å². The molecule has 0 radical (unpaired) electrons. The van der Waals surface area contributed by atoms with Crippen LogP contribution in [0.1, 0.15) is 37.9 Å². The van der Waals surface area contributed by atoms with Gasteiger partial charge >= 0.3 is 0 Å². The van der Waals surface area contributed by atoms with Gasteiger partial charge in [-0.15, -0.1) is 0 Å². The highest BCUT2D eigenvalue weighted by Crippen LogP contribution is 2.45. The molecule has 0 saturated heterocycles. The fourth-order valence-electron chi connectivity index (χ4n) is 2.28. The third kappa shape index (κ3) is 2.57. The second kappa shape index (κ2) is 4.63. The lowest BCUT2D eigenvalue weighted by Crippen LogP contribution is -2.39. The van der Waals surface area contributed by atoms with E-state index < -0.39 is 8.32 Å². The summed E-state index contributed by atoms with van der Waals surface area (Å²) >= 11 is 0. The van der Waals surface area contributed by atoms with Gasteiger partial charge in [-0.1, -0.05) is 26.0 Å². The zero-order chi connectivity index (χ0) is 13.4. The van der Waals surface area contributed by atoms with Gasteiger partial charge in [-0.3, -0.25) is 4.98 Å². The molecule has 2 rings (SSSR count). The lowest BCUT2D eigenvalue weighted by molar-refractivity contribution is 0.473. The minimum Gasteiger partial charge on any atom is -0.432 e. The van der Waals surface area contributed by atoms with Crippen LogP contribution in [0.5, 0.6) is 0 Å². The van der Waals surface area contributed by atoms with E-state index in [2.05, 4.69) is 31.0 Å². The van der Waals surface area contributed by atoms with Crippen molar-refractivity contribution in [2.45, 2.75) is 51.2 Å². The van der Waals surface area contributed by atoms with Gasteiger partial charge in [0.05, 0.1) is 0 Å². The summed E-state index contributed by atoms with van der Waals surface area (Å²) in [6.07, 6.45) is 7.26. The van der Waals surface area contributed by atoms with Gasteiger partial charge in [-0.25, -0.2) is 0 Å². The van der Waals surface area contributed by atoms with Crippen LogP contribution in [0.3, 0.4) is 0 Å². The number of nitrogens with zero attached hydrogens (tertiary/aromatic N) is 1. The third-order valence-electron chi connectivity index (χ3n) is 4.30. The lowest BCUT2D eigenvalue weighted by Gasteiger charge is -2.36. The molecular formula is C15H23NOSi. The molecule has 0 aromatic carbocycles. The Hall–Kier alpha value is -0.933. The van der Waals surface area contributed by atoms with Crippen LogP contribution in [0.15, 0.2) is 24.4 Å². The van der Waals surface area contributed by atoms with E-state index in [4.69, 9.17) is 0 Å². The van der Waals surface area contributed by atoms with Crippen LogP contribution >= 0.6 is 0 Å². The molecule has 1 heterocycles. The quantitative estimate of drug-likeness (QED) is 0.840. The fraction of sp³-hybridized carbons (Fsp3) is 0.533. The Morgan fingerprint density at radius 2 is 2.11 bits per heavy atom. The van der Waals surface area contributed by atoms with Crippen molar-refractivity contribution >= 4 is 13.9 Å². The summed E-state index contributed by atoms with van der Waals surface area (Å²) < 4.78 is 0. The molecule has 0 unspecified atom stereocenters. The summed E-state index contributed by atoms with van der Waals surface area (Å²) in [7, 11) is -2.15. The number of aromatic nitrogens is 1. The molecule has 18 heavy (non-hydrogen) atoms. The molecule has 1 aromatic heterocycles. The molecule has 0 spiro atoms. The summed E-state index contributed by atoms with van der Waals surface area (Å²) in [4.78, 5) is 14.9. The van der Waals surface area contributed by atoms with Crippen molar-refractivity contribution in [2.24, 2.45) is 0 Å². The molecule has 3 heteroatoms. The molecule has 98 valence electrons. The standard InChI is InChI=1S/C15H23NOSi/c1-15(2,18(3,4)17)11-12-7-5-9-14-13(12)8-6-10-16-14/h6-8,10,17H,5,9,11H2,1-4H3. The van der Waals surface area contributed by atoms with Crippen LogP contribution in [-0.2, 0) is 6.42 Å². The Bertz CT molecular complexity index is 472. The minimum atomic E-state index is -2.15. The van der Waals surface area contributed by atoms with Crippen molar-refractivity contribution in [3.63, 3.8) is 0 Å². The summed E-state index contributed by atoms with van der Waals surface area (Å²) in [6, 6.07) is 4.17. The van der Waals surface area contributed by atoms with Gasteiger partial charge in [0.1, 0.15) is 0 Å². The van der Waals surface area contributed by atoms with E-state index in [1.54, 1.807) is 0 Å². The molecule has 0 atom stereocenters. The number of allylic oxidation sites excluding steroid dienone is 2. The Morgan fingerprint density at radius 1 is 1.39 bits per heavy atom. The summed E-state index contributed by atoms with van der Waals surface area (Å²) in [5.41, 5.74) is 3.86. The molecule has 0 amide bonds. The second-order valence-corrected chi connectivity index (χ2v) is 10.9. The molecule has 2 nitrogen and oxygen atoms in total. The van der Waals surface area contributed by atoms with E-state index >= 15 is 0 Å². The third-order valence-corrected chi connectivity index (χ3v) is 7.79. The number of hydrogen-bond donors (Lipinski definition) is 1. The van der Waals surface area contributed by atoms with Crippen molar-refractivity contribution in [1.82, 2.24) is 4.98 Å². The Labute approximate surface area is 111 Å². The predicted octanol–water partition coefficient (Wildman–Crippen LogP) is 3.78. The van der Waals surface area contributed by atoms with Crippen LogP contribution < -0.4 is 0 Å².